The van der Waals surface area contributed by atoms with Crippen LogP contribution in [0.3, 0.4) is 0 Å². The highest BCUT2D eigenvalue weighted by molar-refractivity contribution is 5.96. The van der Waals surface area contributed by atoms with Gasteiger partial charge < -0.3 is 11.5 Å². The number of hydrogen-bond donors (Lipinski definition) is 2. The van der Waals surface area contributed by atoms with Crippen molar-refractivity contribution in [1.82, 2.24) is 0 Å². The molecule has 0 aromatic heterocycles. The molecule has 0 saturated heterocycles. The zero-order chi connectivity index (χ0) is 16.1. The van der Waals surface area contributed by atoms with Crippen LogP contribution in [0.4, 0.5) is 0 Å². The van der Waals surface area contributed by atoms with Crippen LogP contribution in [-0.4, -0.2) is 25.0 Å². The van der Waals surface area contributed by atoms with Gasteiger partial charge in [-0.25, -0.2) is 0 Å². The predicted molar refractivity (Wildman–Crippen MR) is 92.3 cm³/mol. The maximum absolute atomic E-state index is 5.49. The van der Waals surface area contributed by atoms with Gasteiger partial charge in [-0.3, -0.25) is 9.98 Å². The fourth-order valence-electron chi connectivity index (χ4n) is 1.43. The average Bonchev–Trinajstić information content (AvgIpc) is 2.35. The van der Waals surface area contributed by atoms with Gasteiger partial charge in [0.05, 0.1) is 0 Å². The molecule has 4 nitrogen and oxygen atoms in total. The van der Waals surface area contributed by atoms with E-state index in [1.807, 2.05) is 26.0 Å². The van der Waals surface area contributed by atoms with Crippen LogP contribution in [0, 0.1) is 11.8 Å². The standard InChI is InChI=1S/2C8H16N2/c1-6(2)8(10-4)5-7(3)9;1-4-10-8(5-6-9)7(2)3/h5-6H,9H2,1-4H3;5-7H,4,9H2,1-3H3/b7-5-,10-8?;6-5-,10-8?. The molecule has 4 N–H and O–H groups in total. The van der Waals surface area contributed by atoms with Crippen LogP contribution in [0.2, 0.25) is 0 Å². The summed E-state index contributed by atoms with van der Waals surface area (Å²) in [6, 6.07) is 0. The van der Waals surface area contributed by atoms with E-state index in [1.165, 1.54) is 6.20 Å². The molecule has 116 valence electrons. The van der Waals surface area contributed by atoms with Gasteiger partial charge in [0.15, 0.2) is 0 Å². The van der Waals surface area contributed by atoms with Gasteiger partial charge in [-0.05, 0) is 44.0 Å². The summed E-state index contributed by atoms with van der Waals surface area (Å²) >= 11 is 0. The van der Waals surface area contributed by atoms with E-state index in [0.717, 1.165) is 23.7 Å². The number of rotatable bonds is 5. The van der Waals surface area contributed by atoms with Gasteiger partial charge in [0.25, 0.3) is 0 Å². The largest absolute Gasteiger partial charge is 0.405 e. The summed E-state index contributed by atoms with van der Waals surface area (Å²) < 4.78 is 0. The number of allylic oxidation sites excluding steroid dienone is 3. The van der Waals surface area contributed by atoms with Crippen molar-refractivity contribution in [1.29, 1.82) is 0 Å². The molecule has 0 saturated carbocycles. The van der Waals surface area contributed by atoms with Gasteiger partial charge in [0, 0.05) is 30.7 Å². The molecule has 20 heavy (non-hydrogen) atoms. The molecule has 4 heteroatoms. The Morgan fingerprint density at radius 1 is 1.10 bits per heavy atom. The molecule has 0 aliphatic heterocycles. The summed E-state index contributed by atoms with van der Waals surface area (Å²) in [5.74, 6) is 0.934. The van der Waals surface area contributed by atoms with Crippen molar-refractivity contribution in [2.24, 2.45) is 33.3 Å². The van der Waals surface area contributed by atoms with Crippen LogP contribution in [0.25, 0.3) is 0 Å². The minimum absolute atomic E-state index is 0.462. The first-order chi connectivity index (χ1) is 9.29. The maximum atomic E-state index is 5.49. The summed E-state index contributed by atoms with van der Waals surface area (Å²) in [6.45, 7) is 13.1. The van der Waals surface area contributed by atoms with Gasteiger partial charge >= 0.3 is 0 Å². The lowest BCUT2D eigenvalue weighted by Crippen LogP contribution is -2.06. The van der Waals surface area contributed by atoms with Crippen molar-refractivity contribution in [3.63, 3.8) is 0 Å². The minimum atomic E-state index is 0.462. The number of nitrogens with zero attached hydrogens (tertiary/aromatic N) is 2. The second-order valence-corrected chi connectivity index (χ2v) is 5.10. The number of hydrogen-bond acceptors (Lipinski definition) is 4. The fraction of sp³-hybridized carbons (Fsp3) is 0.625. The van der Waals surface area contributed by atoms with Crippen molar-refractivity contribution in [3.05, 3.63) is 24.0 Å². The number of aliphatic imine (C=N–C) groups is 2. The zero-order valence-electron chi connectivity index (χ0n) is 14.1. The Kier molecular flexibility index (Phi) is 12.9. The van der Waals surface area contributed by atoms with Crippen LogP contribution in [0.1, 0.15) is 41.5 Å². The molecule has 0 heterocycles. The quantitative estimate of drug-likeness (QED) is 0.759. The van der Waals surface area contributed by atoms with E-state index in [9.17, 15) is 0 Å². The van der Waals surface area contributed by atoms with Crippen molar-refractivity contribution < 1.29 is 0 Å². The highest BCUT2D eigenvalue weighted by Crippen LogP contribution is 1.99. The maximum Gasteiger partial charge on any atom is 0.0387 e. The molecule has 0 spiro atoms. The molecule has 0 amide bonds. The van der Waals surface area contributed by atoms with Gasteiger partial charge in [-0.15, -0.1) is 0 Å². The highest BCUT2D eigenvalue weighted by atomic mass is 14.7. The van der Waals surface area contributed by atoms with Gasteiger partial charge in [-0.1, -0.05) is 27.7 Å². The Morgan fingerprint density at radius 2 is 1.60 bits per heavy atom. The third-order valence-electron chi connectivity index (χ3n) is 2.42. The second kappa shape index (κ2) is 12.5. The monoisotopic (exact) mass is 280 g/mol. The SMILES string of the molecule is CCN=C(/C=C\N)C(C)C.CN=C(/C=C(/C)N)C(C)C. The first-order valence-corrected chi connectivity index (χ1v) is 7.13. The molecule has 0 aliphatic carbocycles. The molecule has 0 fully saturated rings. The Bertz CT molecular complexity index is 351. The van der Waals surface area contributed by atoms with Crippen LogP contribution in [0.5, 0.6) is 0 Å². The Balaban J connectivity index is 0. The topological polar surface area (TPSA) is 76.8 Å². The molecule has 0 radical (unpaired) electrons. The first-order valence-electron chi connectivity index (χ1n) is 7.13. The summed E-state index contributed by atoms with van der Waals surface area (Å²) in [5.41, 5.74) is 13.7. The van der Waals surface area contributed by atoms with E-state index in [2.05, 4.69) is 37.7 Å². The molecular weight excluding hydrogens is 248 g/mol. The summed E-state index contributed by atoms with van der Waals surface area (Å²) in [4.78, 5) is 8.35. The third-order valence-corrected chi connectivity index (χ3v) is 2.42. The van der Waals surface area contributed by atoms with Gasteiger partial charge in [0.2, 0.25) is 0 Å². The van der Waals surface area contributed by atoms with Gasteiger partial charge in [-0.2, -0.15) is 0 Å². The summed E-state index contributed by atoms with van der Waals surface area (Å²) in [7, 11) is 1.79. The van der Waals surface area contributed by atoms with Crippen LogP contribution >= 0.6 is 0 Å². The van der Waals surface area contributed by atoms with E-state index in [-0.39, 0.29) is 0 Å². The molecule has 0 rings (SSSR count). The Hall–Kier alpha value is -1.58. The third kappa shape index (κ3) is 11.5. The molecule has 0 unspecified atom stereocenters. The lowest BCUT2D eigenvalue weighted by atomic mass is 10.1. The smallest absolute Gasteiger partial charge is 0.0387 e. The lowest BCUT2D eigenvalue weighted by Gasteiger charge is -2.03. The average molecular weight is 280 g/mol. The van der Waals surface area contributed by atoms with Crippen molar-refractivity contribution >= 4 is 11.4 Å². The predicted octanol–water partition coefficient (Wildman–Crippen LogP) is 3.15. The molecule has 0 atom stereocenters. The molecular formula is C16H32N4. The Labute approximate surface area is 124 Å². The van der Waals surface area contributed by atoms with E-state index < -0.39 is 0 Å². The summed E-state index contributed by atoms with van der Waals surface area (Å²) in [6.07, 6.45) is 5.30. The number of nitrogens with two attached hydrogens (primary N) is 2. The van der Waals surface area contributed by atoms with Crippen molar-refractivity contribution in [2.45, 2.75) is 41.5 Å². The van der Waals surface area contributed by atoms with Crippen LogP contribution in [0.15, 0.2) is 34.0 Å². The molecule has 0 aliphatic rings. The highest BCUT2D eigenvalue weighted by Gasteiger charge is 1.99. The van der Waals surface area contributed by atoms with Crippen molar-refractivity contribution in [2.75, 3.05) is 13.6 Å². The molecule has 0 aromatic carbocycles. The van der Waals surface area contributed by atoms with E-state index in [1.54, 1.807) is 7.05 Å². The van der Waals surface area contributed by atoms with Crippen molar-refractivity contribution in [3.8, 4) is 0 Å². The van der Waals surface area contributed by atoms with Crippen LogP contribution in [-0.2, 0) is 0 Å². The summed E-state index contributed by atoms with van der Waals surface area (Å²) in [5, 5.41) is 0. The fourth-order valence-corrected chi connectivity index (χ4v) is 1.43. The Morgan fingerprint density at radius 3 is 1.80 bits per heavy atom. The zero-order valence-corrected chi connectivity index (χ0v) is 14.1. The van der Waals surface area contributed by atoms with E-state index in [4.69, 9.17) is 11.5 Å². The molecule has 0 aromatic rings. The first kappa shape index (κ1) is 20.7. The normalized spacial score (nSPS) is 13.9. The lowest BCUT2D eigenvalue weighted by molar-refractivity contribution is 0.877. The minimum Gasteiger partial charge on any atom is -0.405 e. The van der Waals surface area contributed by atoms with E-state index >= 15 is 0 Å². The van der Waals surface area contributed by atoms with Crippen LogP contribution < -0.4 is 11.5 Å². The second-order valence-electron chi connectivity index (χ2n) is 5.10. The molecule has 0 bridgehead atoms. The van der Waals surface area contributed by atoms with E-state index in [0.29, 0.717) is 11.8 Å². The van der Waals surface area contributed by atoms with Gasteiger partial charge in [0.1, 0.15) is 0 Å².